The van der Waals surface area contributed by atoms with Crippen LogP contribution in [-0.4, -0.2) is 97.0 Å². The zero-order valence-electron chi connectivity index (χ0n) is 21.6. The standard InChI is InChI=1S/C25H40ClN7O3S/c1-13-6-15(16-7-21(26)30-10-19(16)36-2)17(9-29-13)23(34)32-25-31-18-11-33(12-20(18)37-25)24(35)22-14(8-27)4-3-5-28-22/h13-22,25,28-31H,3-7,9-12H2,1-2H3,(H,32,34). The first-order valence-corrected chi connectivity index (χ1v) is 15.0. The number of hydrogen-bond donors (Lipinski definition) is 5. The molecule has 5 saturated heterocycles. The largest absolute Gasteiger partial charge is 0.380 e. The first-order valence-electron chi connectivity index (χ1n) is 13.6. The third-order valence-electron chi connectivity index (χ3n) is 8.93. The maximum atomic E-state index is 13.6. The van der Waals surface area contributed by atoms with Crippen LogP contribution in [-0.2, 0) is 14.3 Å². The number of amides is 2. The molecule has 10 nitrogen and oxygen atoms in total. The van der Waals surface area contributed by atoms with E-state index in [0.717, 1.165) is 32.2 Å². The van der Waals surface area contributed by atoms with E-state index < -0.39 is 6.04 Å². The lowest BCUT2D eigenvalue weighted by molar-refractivity contribution is -0.134. The van der Waals surface area contributed by atoms with Crippen LogP contribution in [0.1, 0.15) is 32.6 Å². The number of thioether (sulfide) groups is 1. The second kappa shape index (κ2) is 11.9. The van der Waals surface area contributed by atoms with Crippen molar-refractivity contribution in [2.75, 3.05) is 39.8 Å². The Kier molecular flexibility index (Phi) is 8.86. The fraction of sp³-hybridized carbons (Fsp3) is 0.880. The average Bonchev–Trinajstić information content (AvgIpc) is 3.47. The van der Waals surface area contributed by atoms with E-state index in [1.807, 2.05) is 4.90 Å². The van der Waals surface area contributed by atoms with Gasteiger partial charge in [-0.25, -0.2) is 0 Å². The van der Waals surface area contributed by atoms with Crippen molar-refractivity contribution in [3.63, 3.8) is 0 Å². The number of piperidine rings is 3. The normalized spacial score (nSPS) is 44.2. The number of hydrogen-bond acceptors (Lipinski definition) is 9. The molecule has 5 N–H and O–H groups in total. The highest BCUT2D eigenvalue weighted by Crippen LogP contribution is 2.38. The predicted molar refractivity (Wildman–Crippen MR) is 143 cm³/mol. The molecule has 11 unspecified atom stereocenters. The zero-order chi connectivity index (χ0) is 26.1. The maximum Gasteiger partial charge on any atom is 0.241 e. The second-order valence-corrected chi connectivity index (χ2v) is 13.1. The minimum absolute atomic E-state index is 0.0288. The average molecular weight is 554 g/mol. The first kappa shape index (κ1) is 27.4. The number of ether oxygens (including phenoxy) is 1. The number of carbonyl (C=O) groups excluding carboxylic acids is 2. The van der Waals surface area contributed by atoms with Gasteiger partial charge in [0.25, 0.3) is 0 Å². The number of rotatable bonds is 5. The van der Waals surface area contributed by atoms with Crippen LogP contribution in [0.2, 0.25) is 0 Å². The minimum atomic E-state index is -0.408. The summed E-state index contributed by atoms with van der Waals surface area (Å²) in [5.41, 5.74) is -0.277. The summed E-state index contributed by atoms with van der Waals surface area (Å²) in [4.78, 5) is 28.6. The summed E-state index contributed by atoms with van der Waals surface area (Å²) in [5.74, 6) is 0.0940. The summed E-state index contributed by atoms with van der Waals surface area (Å²) in [6, 6.07) is 2.37. The van der Waals surface area contributed by atoms with E-state index in [4.69, 9.17) is 16.3 Å². The highest BCUT2D eigenvalue weighted by molar-refractivity contribution is 8.00. The van der Waals surface area contributed by atoms with Crippen LogP contribution in [0.15, 0.2) is 0 Å². The third kappa shape index (κ3) is 5.91. The Morgan fingerprint density at radius 2 is 2.00 bits per heavy atom. The lowest BCUT2D eigenvalue weighted by Gasteiger charge is -2.45. The molecule has 12 heteroatoms. The molecule has 206 valence electrons. The summed E-state index contributed by atoms with van der Waals surface area (Å²) in [6.45, 7) is 5.54. The molecule has 0 radical (unpaired) electrons. The molecule has 0 aromatic heterocycles. The highest BCUT2D eigenvalue weighted by Gasteiger charge is 2.48. The van der Waals surface area contributed by atoms with E-state index in [-0.39, 0.29) is 63.9 Å². The molecule has 5 fully saturated rings. The van der Waals surface area contributed by atoms with Gasteiger partial charge in [0, 0.05) is 50.6 Å². The first-order chi connectivity index (χ1) is 17.9. The number of nitrogens with one attached hydrogen (secondary N) is 5. The molecular weight excluding hydrogens is 514 g/mol. The van der Waals surface area contributed by atoms with E-state index in [1.165, 1.54) is 0 Å². The van der Waals surface area contributed by atoms with Gasteiger partial charge in [0.1, 0.15) is 11.5 Å². The lowest BCUT2D eigenvalue weighted by atomic mass is 9.70. The van der Waals surface area contributed by atoms with Gasteiger partial charge in [-0.15, -0.1) is 23.4 Å². The number of methoxy groups -OCH3 is 1. The third-order valence-corrected chi connectivity index (χ3v) is 10.6. The molecule has 5 aliphatic rings. The Hall–Kier alpha value is -1.13. The summed E-state index contributed by atoms with van der Waals surface area (Å²) in [7, 11) is 1.74. The molecule has 0 aliphatic carbocycles. The van der Waals surface area contributed by atoms with Gasteiger partial charge in [-0.1, -0.05) is 0 Å². The van der Waals surface area contributed by atoms with Gasteiger partial charge in [-0.2, -0.15) is 5.26 Å². The van der Waals surface area contributed by atoms with Crippen LogP contribution in [0.4, 0.5) is 0 Å². The van der Waals surface area contributed by atoms with E-state index in [1.54, 1.807) is 18.9 Å². The van der Waals surface area contributed by atoms with E-state index in [9.17, 15) is 14.9 Å². The Morgan fingerprint density at radius 3 is 2.76 bits per heavy atom. The fourth-order valence-corrected chi connectivity index (χ4v) is 8.63. The van der Waals surface area contributed by atoms with E-state index in [2.05, 4.69) is 39.6 Å². The van der Waals surface area contributed by atoms with Gasteiger partial charge in [0.05, 0.1) is 29.5 Å². The van der Waals surface area contributed by atoms with Crippen molar-refractivity contribution < 1.29 is 14.3 Å². The molecule has 5 aliphatic heterocycles. The van der Waals surface area contributed by atoms with Crippen molar-refractivity contribution >= 4 is 35.2 Å². The van der Waals surface area contributed by atoms with Gasteiger partial charge < -0.3 is 25.6 Å². The smallest absolute Gasteiger partial charge is 0.241 e. The lowest BCUT2D eigenvalue weighted by Crippen LogP contribution is -2.57. The van der Waals surface area contributed by atoms with Crippen molar-refractivity contribution in [3.8, 4) is 6.07 Å². The number of halogens is 1. The number of carbonyl (C=O) groups is 2. The van der Waals surface area contributed by atoms with Crippen molar-refractivity contribution in [1.29, 1.82) is 5.26 Å². The molecule has 0 aromatic rings. The monoisotopic (exact) mass is 553 g/mol. The molecule has 37 heavy (non-hydrogen) atoms. The number of likely N-dealkylation sites (tertiary alicyclic amines) is 1. The molecule has 2 amide bonds. The maximum absolute atomic E-state index is 13.6. The quantitative estimate of drug-likeness (QED) is 0.236. The number of nitrogens with zero attached hydrogens (tertiary/aromatic N) is 2. The second-order valence-electron chi connectivity index (χ2n) is 11.3. The fourth-order valence-electron chi connectivity index (χ4n) is 6.93. The SMILES string of the molecule is COC1CNC(Cl)CC1C1CC(C)NCC1C(=O)NC1NC2CN(C(=O)C3NCCCC3C#N)CC2S1. The van der Waals surface area contributed by atoms with Crippen molar-refractivity contribution in [3.05, 3.63) is 0 Å². The molecule has 5 rings (SSSR count). The van der Waals surface area contributed by atoms with Gasteiger partial charge in [-0.3, -0.25) is 20.2 Å². The Bertz CT molecular complexity index is 879. The van der Waals surface area contributed by atoms with Crippen molar-refractivity contribution in [1.82, 2.24) is 31.5 Å². The Balaban J connectivity index is 1.17. The molecule has 5 heterocycles. The van der Waals surface area contributed by atoms with Crippen LogP contribution in [0.5, 0.6) is 0 Å². The van der Waals surface area contributed by atoms with Crippen LogP contribution in [0.25, 0.3) is 0 Å². The van der Waals surface area contributed by atoms with Crippen LogP contribution in [0.3, 0.4) is 0 Å². The van der Waals surface area contributed by atoms with Crippen LogP contribution in [0, 0.1) is 35.0 Å². The molecule has 11 atom stereocenters. The molecular formula is C25H40ClN7O3S. The molecule has 0 saturated carbocycles. The highest BCUT2D eigenvalue weighted by atomic mass is 35.5. The van der Waals surface area contributed by atoms with Crippen LogP contribution < -0.4 is 26.6 Å². The molecule has 0 aromatic carbocycles. The van der Waals surface area contributed by atoms with Crippen molar-refractivity contribution in [2.45, 2.75) is 73.1 Å². The van der Waals surface area contributed by atoms with E-state index >= 15 is 0 Å². The van der Waals surface area contributed by atoms with E-state index in [0.29, 0.717) is 32.2 Å². The number of nitriles is 1. The van der Waals surface area contributed by atoms with Gasteiger partial charge in [-0.05, 0) is 51.0 Å². The minimum Gasteiger partial charge on any atom is -0.380 e. The van der Waals surface area contributed by atoms with Gasteiger partial charge >= 0.3 is 0 Å². The number of fused-ring (bicyclic) bond motifs is 1. The summed E-state index contributed by atoms with van der Waals surface area (Å²) in [6.07, 6.45) is 3.44. The van der Waals surface area contributed by atoms with Gasteiger partial charge in [0.15, 0.2) is 0 Å². The van der Waals surface area contributed by atoms with Crippen molar-refractivity contribution in [2.24, 2.45) is 23.7 Å². The predicted octanol–water partition coefficient (Wildman–Crippen LogP) is -0.00262. The molecule has 0 spiro atoms. The number of alkyl halides is 1. The summed E-state index contributed by atoms with van der Waals surface area (Å²) < 4.78 is 5.80. The zero-order valence-corrected chi connectivity index (χ0v) is 23.2. The topological polar surface area (TPSA) is 131 Å². The van der Waals surface area contributed by atoms with Gasteiger partial charge in [0.2, 0.25) is 11.8 Å². The van der Waals surface area contributed by atoms with Crippen LogP contribution >= 0.6 is 23.4 Å². The Morgan fingerprint density at radius 1 is 1.16 bits per heavy atom. The molecule has 0 bridgehead atoms. The summed E-state index contributed by atoms with van der Waals surface area (Å²) in [5, 5.41) is 26.5. The summed E-state index contributed by atoms with van der Waals surface area (Å²) >= 11 is 8.16. The Labute approximate surface area is 228 Å².